The minimum Gasteiger partial charge on any atom is -0.391 e. The molecule has 10 heavy (non-hydrogen) atoms. The molecule has 1 aliphatic heterocycles. The first-order valence-electron chi connectivity index (χ1n) is 3.61. The molecule has 0 bridgehead atoms. The van der Waals surface area contributed by atoms with Gasteiger partial charge in [0, 0.05) is 0 Å². The standard InChI is InChI=1S/C7H14O3/c1-5(8)6(2)10-7-3-9-4-7/h5-8H,3-4H2,1-2H3/t5-,6?/m0/s1. The van der Waals surface area contributed by atoms with Crippen LogP contribution in [0.1, 0.15) is 13.8 Å². The average molecular weight is 146 g/mol. The van der Waals surface area contributed by atoms with Gasteiger partial charge in [-0.2, -0.15) is 0 Å². The van der Waals surface area contributed by atoms with Crippen LogP contribution in [-0.2, 0) is 9.47 Å². The Kier molecular flexibility index (Phi) is 2.65. The molecule has 0 radical (unpaired) electrons. The van der Waals surface area contributed by atoms with Crippen molar-refractivity contribution in [1.82, 2.24) is 0 Å². The Labute approximate surface area is 60.9 Å². The van der Waals surface area contributed by atoms with Crippen molar-refractivity contribution in [2.24, 2.45) is 0 Å². The van der Waals surface area contributed by atoms with E-state index in [4.69, 9.17) is 14.6 Å². The third kappa shape index (κ3) is 1.94. The highest BCUT2D eigenvalue weighted by Crippen LogP contribution is 2.10. The second kappa shape index (κ2) is 3.32. The molecule has 0 aromatic carbocycles. The zero-order valence-electron chi connectivity index (χ0n) is 6.41. The maximum Gasteiger partial charge on any atom is 0.105 e. The molecule has 3 heteroatoms. The van der Waals surface area contributed by atoms with Gasteiger partial charge in [0.25, 0.3) is 0 Å². The van der Waals surface area contributed by atoms with Gasteiger partial charge in [-0.1, -0.05) is 0 Å². The van der Waals surface area contributed by atoms with Crippen LogP contribution >= 0.6 is 0 Å². The van der Waals surface area contributed by atoms with Crippen molar-refractivity contribution >= 4 is 0 Å². The van der Waals surface area contributed by atoms with Gasteiger partial charge in [-0.3, -0.25) is 0 Å². The highest BCUT2D eigenvalue weighted by atomic mass is 16.6. The zero-order chi connectivity index (χ0) is 7.56. The monoisotopic (exact) mass is 146 g/mol. The molecule has 0 aromatic heterocycles. The lowest BCUT2D eigenvalue weighted by Gasteiger charge is -2.30. The van der Waals surface area contributed by atoms with Gasteiger partial charge in [0.2, 0.25) is 0 Å². The predicted molar refractivity (Wildman–Crippen MR) is 36.8 cm³/mol. The van der Waals surface area contributed by atoms with E-state index in [-0.39, 0.29) is 18.3 Å². The number of aliphatic hydroxyl groups excluding tert-OH is 1. The van der Waals surface area contributed by atoms with Crippen molar-refractivity contribution in [3.05, 3.63) is 0 Å². The fourth-order valence-corrected chi connectivity index (χ4v) is 0.710. The Morgan fingerprint density at radius 2 is 2.10 bits per heavy atom. The normalized spacial score (nSPS) is 25.5. The van der Waals surface area contributed by atoms with Gasteiger partial charge in [0.05, 0.1) is 25.4 Å². The summed E-state index contributed by atoms with van der Waals surface area (Å²) in [6, 6.07) is 0. The fourth-order valence-electron chi connectivity index (χ4n) is 0.710. The van der Waals surface area contributed by atoms with Crippen LogP contribution in [0.4, 0.5) is 0 Å². The summed E-state index contributed by atoms with van der Waals surface area (Å²) in [4.78, 5) is 0. The molecule has 0 spiro atoms. The largest absolute Gasteiger partial charge is 0.391 e. The first kappa shape index (κ1) is 7.98. The van der Waals surface area contributed by atoms with Gasteiger partial charge in [0.1, 0.15) is 6.10 Å². The average Bonchev–Trinajstić information content (AvgIpc) is 1.77. The quantitative estimate of drug-likeness (QED) is 0.617. The van der Waals surface area contributed by atoms with Crippen molar-refractivity contribution < 1.29 is 14.6 Å². The molecule has 0 aromatic rings. The second-order valence-electron chi connectivity index (χ2n) is 2.74. The molecule has 1 unspecified atom stereocenters. The summed E-state index contributed by atoms with van der Waals surface area (Å²) in [5, 5.41) is 9.02. The van der Waals surface area contributed by atoms with E-state index in [1.807, 2.05) is 6.92 Å². The summed E-state index contributed by atoms with van der Waals surface area (Å²) in [6.07, 6.45) is -0.251. The maximum absolute atomic E-state index is 9.02. The molecular weight excluding hydrogens is 132 g/mol. The van der Waals surface area contributed by atoms with Gasteiger partial charge < -0.3 is 14.6 Å². The Morgan fingerprint density at radius 1 is 1.50 bits per heavy atom. The van der Waals surface area contributed by atoms with E-state index in [1.54, 1.807) is 6.92 Å². The fraction of sp³-hybridized carbons (Fsp3) is 1.00. The molecule has 3 nitrogen and oxygen atoms in total. The molecule has 2 atom stereocenters. The summed E-state index contributed by atoms with van der Waals surface area (Å²) in [5.41, 5.74) is 0. The van der Waals surface area contributed by atoms with E-state index in [0.29, 0.717) is 13.2 Å². The highest BCUT2D eigenvalue weighted by Gasteiger charge is 2.22. The third-order valence-corrected chi connectivity index (χ3v) is 1.69. The van der Waals surface area contributed by atoms with Crippen LogP contribution in [0.3, 0.4) is 0 Å². The summed E-state index contributed by atoms with van der Waals surface area (Å²) >= 11 is 0. The minimum absolute atomic E-state index is 0.0751. The Hall–Kier alpha value is -0.120. The Bertz CT molecular complexity index is 99.0. The van der Waals surface area contributed by atoms with Gasteiger partial charge in [-0.05, 0) is 13.8 Å². The second-order valence-corrected chi connectivity index (χ2v) is 2.74. The zero-order valence-corrected chi connectivity index (χ0v) is 6.41. The summed E-state index contributed by atoms with van der Waals surface area (Å²) < 4.78 is 10.3. The lowest BCUT2D eigenvalue weighted by atomic mass is 10.2. The van der Waals surface area contributed by atoms with Crippen molar-refractivity contribution in [2.75, 3.05) is 13.2 Å². The van der Waals surface area contributed by atoms with E-state index in [1.165, 1.54) is 0 Å². The topological polar surface area (TPSA) is 38.7 Å². The summed E-state index contributed by atoms with van der Waals surface area (Å²) in [7, 11) is 0. The number of rotatable bonds is 3. The molecule has 0 amide bonds. The van der Waals surface area contributed by atoms with Crippen LogP contribution in [0, 0.1) is 0 Å². The molecule has 1 aliphatic rings. The number of hydrogen-bond donors (Lipinski definition) is 1. The SMILES string of the molecule is CC(OC1COC1)[C@H](C)O. The molecule has 1 fully saturated rings. The molecule has 60 valence electrons. The predicted octanol–water partition coefficient (Wildman–Crippen LogP) is 0.171. The molecular formula is C7H14O3. The first-order valence-corrected chi connectivity index (χ1v) is 3.61. The lowest BCUT2D eigenvalue weighted by molar-refractivity contribution is -0.168. The Morgan fingerprint density at radius 3 is 2.40 bits per heavy atom. The third-order valence-electron chi connectivity index (χ3n) is 1.69. The molecule has 1 saturated heterocycles. The molecule has 0 saturated carbocycles. The van der Waals surface area contributed by atoms with Gasteiger partial charge in [0.15, 0.2) is 0 Å². The van der Waals surface area contributed by atoms with Crippen LogP contribution in [0.5, 0.6) is 0 Å². The van der Waals surface area contributed by atoms with E-state index in [0.717, 1.165) is 0 Å². The van der Waals surface area contributed by atoms with E-state index >= 15 is 0 Å². The highest BCUT2D eigenvalue weighted by molar-refractivity contribution is 4.68. The molecule has 0 aliphatic carbocycles. The van der Waals surface area contributed by atoms with E-state index < -0.39 is 0 Å². The van der Waals surface area contributed by atoms with Crippen LogP contribution in [0.2, 0.25) is 0 Å². The van der Waals surface area contributed by atoms with E-state index in [2.05, 4.69) is 0 Å². The van der Waals surface area contributed by atoms with Crippen molar-refractivity contribution in [3.8, 4) is 0 Å². The lowest BCUT2D eigenvalue weighted by Crippen LogP contribution is -2.41. The van der Waals surface area contributed by atoms with Gasteiger partial charge >= 0.3 is 0 Å². The van der Waals surface area contributed by atoms with Gasteiger partial charge in [-0.15, -0.1) is 0 Å². The van der Waals surface area contributed by atoms with Crippen molar-refractivity contribution in [1.29, 1.82) is 0 Å². The van der Waals surface area contributed by atoms with Crippen molar-refractivity contribution in [3.63, 3.8) is 0 Å². The number of ether oxygens (including phenoxy) is 2. The Balaban J connectivity index is 2.10. The smallest absolute Gasteiger partial charge is 0.105 e. The molecule has 1 N–H and O–H groups in total. The minimum atomic E-state index is -0.388. The van der Waals surface area contributed by atoms with E-state index in [9.17, 15) is 0 Å². The van der Waals surface area contributed by atoms with Gasteiger partial charge in [-0.25, -0.2) is 0 Å². The van der Waals surface area contributed by atoms with Crippen LogP contribution in [-0.4, -0.2) is 36.6 Å². The van der Waals surface area contributed by atoms with Crippen LogP contribution in [0.15, 0.2) is 0 Å². The molecule has 1 rings (SSSR count). The first-order chi connectivity index (χ1) is 4.70. The van der Waals surface area contributed by atoms with Crippen LogP contribution in [0.25, 0.3) is 0 Å². The number of hydrogen-bond acceptors (Lipinski definition) is 3. The summed E-state index contributed by atoms with van der Waals surface area (Å²) in [5.74, 6) is 0. The maximum atomic E-state index is 9.02. The molecule has 1 heterocycles. The number of aliphatic hydroxyl groups is 1. The summed E-state index contributed by atoms with van der Waals surface area (Å²) in [6.45, 7) is 4.95. The van der Waals surface area contributed by atoms with Crippen molar-refractivity contribution in [2.45, 2.75) is 32.2 Å². The van der Waals surface area contributed by atoms with Crippen LogP contribution < -0.4 is 0 Å².